The lowest BCUT2D eigenvalue weighted by Crippen LogP contribution is -2.58. The van der Waals surface area contributed by atoms with Gasteiger partial charge >= 0.3 is 0 Å². The number of hydrogen-bond acceptors (Lipinski definition) is 7. The van der Waals surface area contributed by atoms with E-state index in [0.29, 0.717) is 6.04 Å². The summed E-state index contributed by atoms with van der Waals surface area (Å²) < 4.78 is 1.91. The predicted molar refractivity (Wildman–Crippen MR) is 92.3 cm³/mol. The zero-order valence-corrected chi connectivity index (χ0v) is 14.4. The van der Waals surface area contributed by atoms with Gasteiger partial charge in [0.15, 0.2) is 5.82 Å². The molecule has 2 aliphatic rings. The Bertz CT molecular complexity index is 862. The van der Waals surface area contributed by atoms with Crippen LogP contribution in [0.3, 0.4) is 0 Å². The van der Waals surface area contributed by atoms with Crippen molar-refractivity contribution in [1.82, 2.24) is 29.5 Å². The molecule has 0 bridgehead atoms. The third-order valence-corrected chi connectivity index (χ3v) is 5.95. The van der Waals surface area contributed by atoms with E-state index in [0.717, 1.165) is 37.0 Å². The number of thiazole rings is 1. The Labute approximate surface area is 144 Å². The second kappa shape index (κ2) is 5.49. The van der Waals surface area contributed by atoms with Crippen molar-refractivity contribution in [1.29, 1.82) is 0 Å². The highest BCUT2D eigenvalue weighted by molar-refractivity contribution is 7.09. The molecule has 0 atom stereocenters. The van der Waals surface area contributed by atoms with Crippen molar-refractivity contribution in [2.45, 2.75) is 31.3 Å². The summed E-state index contributed by atoms with van der Waals surface area (Å²) in [5.41, 5.74) is 2.03. The van der Waals surface area contributed by atoms with Crippen LogP contribution in [-0.2, 0) is 6.54 Å². The molecule has 4 heterocycles. The SMILES string of the molecule is CN(Cc1csc(C2CC2)n1)C1CN(c2nccn3cnnc23)C1. The maximum atomic E-state index is 4.79. The molecule has 3 aromatic rings. The lowest BCUT2D eigenvalue weighted by molar-refractivity contribution is 0.195. The second-order valence-corrected chi connectivity index (χ2v) is 7.63. The number of hydrogen-bond donors (Lipinski definition) is 0. The summed E-state index contributed by atoms with van der Waals surface area (Å²) in [6.45, 7) is 2.86. The van der Waals surface area contributed by atoms with Gasteiger partial charge in [-0.05, 0) is 19.9 Å². The Morgan fingerprint density at radius 2 is 2.21 bits per heavy atom. The van der Waals surface area contributed by atoms with E-state index in [4.69, 9.17) is 4.98 Å². The Morgan fingerprint density at radius 1 is 1.33 bits per heavy atom. The van der Waals surface area contributed by atoms with Gasteiger partial charge in [0, 0.05) is 49.4 Å². The molecule has 124 valence electrons. The quantitative estimate of drug-likeness (QED) is 0.705. The van der Waals surface area contributed by atoms with Crippen LogP contribution in [0.4, 0.5) is 5.82 Å². The maximum absolute atomic E-state index is 4.79. The average molecular weight is 341 g/mol. The lowest BCUT2D eigenvalue weighted by Gasteiger charge is -2.44. The van der Waals surface area contributed by atoms with E-state index in [1.54, 1.807) is 12.5 Å². The Hall–Kier alpha value is -2.06. The van der Waals surface area contributed by atoms with Crippen LogP contribution in [-0.4, -0.2) is 55.6 Å². The summed E-state index contributed by atoms with van der Waals surface area (Å²) in [7, 11) is 2.18. The minimum Gasteiger partial charge on any atom is -0.350 e. The molecular formula is C16H19N7S. The third-order valence-electron chi connectivity index (χ3n) is 4.89. The van der Waals surface area contributed by atoms with Crippen molar-refractivity contribution in [3.63, 3.8) is 0 Å². The smallest absolute Gasteiger partial charge is 0.203 e. The molecule has 0 amide bonds. The van der Waals surface area contributed by atoms with E-state index in [-0.39, 0.29) is 0 Å². The van der Waals surface area contributed by atoms with Crippen LogP contribution < -0.4 is 4.90 Å². The number of nitrogens with zero attached hydrogens (tertiary/aromatic N) is 7. The van der Waals surface area contributed by atoms with E-state index in [2.05, 4.69) is 37.4 Å². The van der Waals surface area contributed by atoms with Crippen LogP contribution in [0.15, 0.2) is 24.1 Å². The van der Waals surface area contributed by atoms with Gasteiger partial charge in [-0.25, -0.2) is 9.97 Å². The average Bonchev–Trinajstić information content (AvgIpc) is 3.08. The second-order valence-electron chi connectivity index (χ2n) is 6.74. The summed E-state index contributed by atoms with van der Waals surface area (Å²) in [5.74, 6) is 1.67. The van der Waals surface area contributed by atoms with Crippen molar-refractivity contribution in [3.05, 3.63) is 34.8 Å². The number of fused-ring (bicyclic) bond motifs is 1. The van der Waals surface area contributed by atoms with Crippen LogP contribution in [0.5, 0.6) is 0 Å². The van der Waals surface area contributed by atoms with Gasteiger partial charge in [-0.1, -0.05) is 0 Å². The summed E-state index contributed by atoms with van der Waals surface area (Å²) >= 11 is 1.82. The first kappa shape index (κ1) is 14.3. The first-order chi connectivity index (χ1) is 11.8. The zero-order chi connectivity index (χ0) is 16.1. The van der Waals surface area contributed by atoms with E-state index in [1.165, 1.54) is 23.5 Å². The molecule has 0 unspecified atom stereocenters. The van der Waals surface area contributed by atoms with Gasteiger partial charge in [0.1, 0.15) is 6.33 Å². The number of likely N-dealkylation sites (N-methyl/N-ethyl adjacent to an activating group) is 1. The molecule has 0 radical (unpaired) electrons. The highest BCUT2D eigenvalue weighted by Gasteiger charge is 2.33. The van der Waals surface area contributed by atoms with Crippen LogP contribution in [0.25, 0.3) is 5.65 Å². The fraction of sp³-hybridized carbons (Fsp3) is 0.500. The fourth-order valence-corrected chi connectivity index (χ4v) is 4.16. The van der Waals surface area contributed by atoms with Crippen molar-refractivity contribution >= 4 is 22.8 Å². The third kappa shape index (κ3) is 2.46. The van der Waals surface area contributed by atoms with Gasteiger partial charge in [-0.2, -0.15) is 0 Å². The Balaban J connectivity index is 1.23. The highest BCUT2D eigenvalue weighted by atomic mass is 32.1. The van der Waals surface area contributed by atoms with E-state index >= 15 is 0 Å². The molecule has 3 aromatic heterocycles. The lowest BCUT2D eigenvalue weighted by atomic mass is 10.1. The van der Waals surface area contributed by atoms with Gasteiger partial charge < -0.3 is 4.90 Å². The monoisotopic (exact) mass is 341 g/mol. The standard InChI is InChI=1S/C16H19N7S/c1-21(6-12-9-24-16(19-12)11-2-3-11)13-7-23(8-13)14-15-20-18-10-22(15)5-4-17-14/h4-5,9-11,13H,2-3,6-8H2,1H3. The molecule has 0 spiro atoms. The Morgan fingerprint density at radius 3 is 3.04 bits per heavy atom. The first-order valence-corrected chi connectivity index (χ1v) is 9.20. The first-order valence-electron chi connectivity index (χ1n) is 8.32. The molecule has 1 saturated heterocycles. The summed E-state index contributed by atoms with van der Waals surface area (Å²) in [6, 6.07) is 0.529. The van der Waals surface area contributed by atoms with Crippen molar-refractivity contribution in [3.8, 4) is 0 Å². The van der Waals surface area contributed by atoms with Crippen molar-refractivity contribution in [2.24, 2.45) is 0 Å². The molecule has 1 aliphatic carbocycles. The molecule has 0 N–H and O–H groups in total. The zero-order valence-electron chi connectivity index (χ0n) is 13.5. The van der Waals surface area contributed by atoms with E-state index < -0.39 is 0 Å². The van der Waals surface area contributed by atoms with Crippen molar-refractivity contribution < 1.29 is 0 Å². The van der Waals surface area contributed by atoms with Crippen LogP contribution in [0, 0.1) is 0 Å². The normalized spacial score (nSPS) is 18.5. The summed E-state index contributed by atoms with van der Waals surface area (Å²) in [5, 5.41) is 11.7. The number of aromatic nitrogens is 5. The topological polar surface area (TPSA) is 62.5 Å². The molecule has 2 fully saturated rings. The minimum absolute atomic E-state index is 0.529. The van der Waals surface area contributed by atoms with Crippen molar-refractivity contribution in [2.75, 3.05) is 25.0 Å². The van der Waals surface area contributed by atoms with Gasteiger partial charge in [-0.3, -0.25) is 9.30 Å². The Kier molecular flexibility index (Phi) is 3.27. The van der Waals surface area contributed by atoms with Gasteiger partial charge in [-0.15, -0.1) is 21.5 Å². The molecule has 5 rings (SSSR count). The molecule has 8 heteroatoms. The number of anilines is 1. The van der Waals surface area contributed by atoms with Crippen LogP contribution in [0.2, 0.25) is 0 Å². The highest BCUT2D eigenvalue weighted by Crippen LogP contribution is 2.41. The fourth-order valence-electron chi connectivity index (χ4n) is 3.17. The predicted octanol–water partition coefficient (Wildman–Crippen LogP) is 1.78. The van der Waals surface area contributed by atoms with E-state index in [9.17, 15) is 0 Å². The largest absolute Gasteiger partial charge is 0.350 e. The molecule has 7 nitrogen and oxygen atoms in total. The van der Waals surface area contributed by atoms with Crippen LogP contribution in [0.1, 0.15) is 29.5 Å². The van der Waals surface area contributed by atoms with Gasteiger partial charge in [0.2, 0.25) is 5.65 Å². The molecule has 1 saturated carbocycles. The molecule has 24 heavy (non-hydrogen) atoms. The maximum Gasteiger partial charge on any atom is 0.203 e. The number of rotatable bonds is 5. The van der Waals surface area contributed by atoms with Gasteiger partial charge in [0.05, 0.1) is 10.7 Å². The summed E-state index contributed by atoms with van der Waals surface area (Å²) in [6.07, 6.45) is 8.03. The van der Waals surface area contributed by atoms with Crippen LogP contribution >= 0.6 is 11.3 Å². The van der Waals surface area contributed by atoms with E-state index in [1.807, 2.05) is 21.9 Å². The molecule has 1 aliphatic heterocycles. The minimum atomic E-state index is 0.529. The molecular weight excluding hydrogens is 322 g/mol. The molecule has 0 aromatic carbocycles. The summed E-state index contributed by atoms with van der Waals surface area (Å²) in [4.78, 5) is 13.9. The van der Waals surface area contributed by atoms with Gasteiger partial charge in [0.25, 0.3) is 0 Å².